The minimum Gasteiger partial charge on any atom is -0.354 e. The molecule has 1 amide bonds. The number of carbonyl (C=O) groups is 1. The topological polar surface area (TPSA) is 75.3 Å². The zero-order chi connectivity index (χ0) is 17.6. The second-order valence-corrected chi connectivity index (χ2v) is 7.47. The van der Waals surface area contributed by atoms with E-state index in [2.05, 4.69) is 10.0 Å². The van der Waals surface area contributed by atoms with E-state index in [-0.39, 0.29) is 10.8 Å². The third-order valence-corrected chi connectivity index (χ3v) is 5.21. The highest BCUT2D eigenvalue weighted by Gasteiger charge is 2.21. The highest BCUT2D eigenvalue weighted by molar-refractivity contribution is 7.89. The molecule has 0 spiro atoms. The van der Waals surface area contributed by atoms with E-state index in [1.54, 1.807) is 0 Å². The highest BCUT2D eigenvalue weighted by Crippen LogP contribution is 2.14. The predicted octanol–water partition coefficient (Wildman–Crippen LogP) is 2.37. The van der Waals surface area contributed by atoms with Crippen molar-refractivity contribution in [1.29, 1.82) is 0 Å². The van der Waals surface area contributed by atoms with Crippen molar-refractivity contribution in [2.75, 3.05) is 6.54 Å². The summed E-state index contributed by atoms with van der Waals surface area (Å²) in [6.45, 7) is 1.95. The molecule has 24 heavy (non-hydrogen) atoms. The summed E-state index contributed by atoms with van der Waals surface area (Å²) in [6.07, 6.45) is 0.684. The Morgan fingerprint density at radius 1 is 1.08 bits per heavy atom. The van der Waals surface area contributed by atoms with Crippen LogP contribution >= 0.6 is 11.6 Å². The maximum atomic E-state index is 12.2. The highest BCUT2D eigenvalue weighted by atomic mass is 35.5. The molecule has 2 rings (SSSR count). The van der Waals surface area contributed by atoms with Gasteiger partial charge in [0.1, 0.15) is 0 Å². The second-order valence-electron chi connectivity index (χ2n) is 5.32. The van der Waals surface area contributed by atoms with Crippen LogP contribution in [0.25, 0.3) is 0 Å². The van der Waals surface area contributed by atoms with Crippen LogP contribution in [0.1, 0.15) is 12.5 Å². The van der Waals surface area contributed by atoms with Crippen LogP contribution in [-0.4, -0.2) is 26.9 Å². The monoisotopic (exact) mass is 366 g/mol. The maximum Gasteiger partial charge on any atom is 0.241 e. The summed E-state index contributed by atoms with van der Waals surface area (Å²) in [7, 11) is -3.77. The molecular weight excluding hydrogens is 348 g/mol. The van der Waals surface area contributed by atoms with Crippen LogP contribution in [0.2, 0.25) is 5.02 Å². The van der Waals surface area contributed by atoms with Gasteiger partial charge in [-0.15, -0.1) is 0 Å². The first kappa shape index (κ1) is 18.4. The average Bonchev–Trinajstić information content (AvgIpc) is 2.55. The smallest absolute Gasteiger partial charge is 0.241 e. The van der Waals surface area contributed by atoms with Crippen molar-refractivity contribution in [3.63, 3.8) is 0 Å². The molecule has 0 aromatic heterocycles. The first-order valence-electron chi connectivity index (χ1n) is 7.48. The maximum absolute atomic E-state index is 12.2. The molecule has 0 bridgehead atoms. The number of amides is 1. The Balaban J connectivity index is 1.87. The van der Waals surface area contributed by atoms with Crippen LogP contribution in [0, 0.1) is 0 Å². The van der Waals surface area contributed by atoms with Gasteiger partial charge in [-0.2, -0.15) is 4.72 Å². The number of halogens is 1. The lowest BCUT2D eigenvalue weighted by Gasteiger charge is -2.14. The van der Waals surface area contributed by atoms with E-state index in [1.807, 2.05) is 30.3 Å². The molecule has 128 valence electrons. The number of hydrogen-bond donors (Lipinski definition) is 2. The van der Waals surface area contributed by atoms with Crippen molar-refractivity contribution in [2.24, 2.45) is 0 Å². The fraction of sp³-hybridized carbons (Fsp3) is 0.235. The molecular formula is C17H19ClN2O3S. The first-order valence-corrected chi connectivity index (χ1v) is 9.34. The third kappa shape index (κ3) is 5.33. The van der Waals surface area contributed by atoms with Crippen LogP contribution in [0.5, 0.6) is 0 Å². The molecule has 0 saturated heterocycles. The summed E-state index contributed by atoms with van der Waals surface area (Å²) in [6, 6.07) is 14.6. The molecule has 1 atom stereocenters. The van der Waals surface area contributed by atoms with Crippen LogP contribution < -0.4 is 10.0 Å². The molecule has 0 aliphatic carbocycles. The Morgan fingerprint density at radius 3 is 2.33 bits per heavy atom. The molecule has 5 nitrogen and oxygen atoms in total. The van der Waals surface area contributed by atoms with Gasteiger partial charge < -0.3 is 5.32 Å². The van der Waals surface area contributed by atoms with Gasteiger partial charge in [-0.05, 0) is 43.2 Å². The average molecular weight is 367 g/mol. The summed E-state index contributed by atoms with van der Waals surface area (Å²) < 4.78 is 26.8. The molecule has 2 aromatic carbocycles. The quantitative estimate of drug-likeness (QED) is 0.789. The molecule has 0 saturated carbocycles. The van der Waals surface area contributed by atoms with Gasteiger partial charge in [0.15, 0.2) is 0 Å². The largest absolute Gasteiger partial charge is 0.354 e. The van der Waals surface area contributed by atoms with E-state index in [9.17, 15) is 13.2 Å². The van der Waals surface area contributed by atoms with Gasteiger partial charge in [0.2, 0.25) is 15.9 Å². The first-order chi connectivity index (χ1) is 11.4. The van der Waals surface area contributed by atoms with E-state index in [4.69, 9.17) is 11.6 Å². The Bertz CT molecular complexity index is 777. The molecule has 0 fully saturated rings. The van der Waals surface area contributed by atoms with Gasteiger partial charge >= 0.3 is 0 Å². The molecule has 0 aliphatic heterocycles. The Morgan fingerprint density at radius 2 is 1.71 bits per heavy atom. The number of nitrogens with one attached hydrogen (secondary N) is 2. The molecule has 2 N–H and O–H groups in total. The minimum absolute atomic E-state index is 0.0656. The summed E-state index contributed by atoms with van der Waals surface area (Å²) in [4.78, 5) is 12.1. The standard InChI is InChI=1S/C17H19ClN2O3S/c1-13(17(21)19-12-11-14-5-3-2-4-6-14)20-24(22,23)16-9-7-15(18)8-10-16/h2-10,13,20H,11-12H2,1H3,(H,19,21)/t13-/m1/s1. The van der Waals surface area contributed by atoms with Crippen LogP contribution in [-0.2, 0) is 21.2 Å². The van der Waals surface area contributed by atoms with E-state index < -0.39 is 16.1 Å². The summed E-state index contributed by atoms with van der Waals surface area (Å²) >= 11 is 5.75. The van der Waals surface area contributed by atoms with Crippen molar-refractivity contribution in [3.8, 4) is 0 Å². The van der Waals surface area contributed by atoms with Gasteiger partial charge in [0, 0.05) is 11.6 Å². The zero-order valence-corrected chi connectivity index (χ0v) is 14.8. The van der Waals surface area contributed by atoms with Gasteiger partial charge in [0.05, 0.1) is 10.9 Å². The predicted molar refractivity (Wildman–Crippen MR) is 94.4 cm³/mol. The van der Waals surface area contributed by atoms with E-state index in [1.165, 1.54) is 31.2 Å². The van der Waals surface area contributed by atoms with Gasteiger partial charge in [-0.3, -0.25) is 4.79 Å². The normalized spacial score (nSPS) is 12.6. The minimum atomic E-state index is -3.77. The van der Waals surface area contributed by atoms with E-state index >= 15 is 0 Å². The van der Waals surface area contributed by atoms with Gasteiger partial charge in [0.25, 0.3) is 0 Å². The van der Waals surface area contributed by atoms with E-state index in [0.29, 0.717) is 18.0 Å². The number of rotatable bonds is 7. The number of sulfonamides is 1. The fourth-order valence-corrected chi connectivity index (χ4v) is 3.42. The fourth-order valence-electron chi connectivity index (χ4n) is 2.10. The van der Waals surface area contributed by atoms with Gasteiger partial charge in [-0.25, -0.2) is 8.42 Å². The zero-order valence-electron chi connectivity index (χ0n) is 13.2. The molecule has 7 heteroatoms. The summed E-state index contributed by atoms with van der Waals surface area (Å²) in [5.74, 6) is -0.372. The molecule has 0 heterocycles. The summed E-state index contributed by atoms with van der Waals surface area (Å²) in [5, 5.41) is 3.17. The van der Waals surface area contributed by atoms with Crippen molar-refractivity contribution >= 4 is 27.5 Å². The number of benzene rings is 2. The van der Waals surface area contributed by atoms with Crippen molar-refractivity contribution in [2.45, 2.75) is 24.3 Å². The molecule has 0 unspecified atom stereocenters. The summed E-state index contributed by atoms with van der Waals surface area (Å²) in [5.41, 5.74) is 1.10. The third-order valence-electron chi connectivity index (χ3n) is 3.40. The van der Waals surface area contributed by atoms with Crippen molar-refractivity contribution < 1.29 is 13.2 Å². The second kappa shape index (κ2) is 8.28. The molecule has 2 aromatic rings. The Hall–Kier alpha value is -1.89. The van der Waals surface area contributed by atoms with Gasteiger partial charge in [-0.1, -0.05) is 41.9 Å². The Kier molecular flexibility index (Phi) is 6.36. The lowest BCUT2D eigenvalue weighted by atomic mass is 10.1. The SMILES string of the molecule is C[C@@H](NS(=O)(=O)c1ccc(Cl)cc1)C(=O)NCCc1ccccc1. The number of carbonyl (C=O) groups excluding carboxylic acids is 1. The van der Waals surface area contributed by atoms with Crippen LogP contribution in [0.4, 0.5) is 0 Å². The molecule has 0 aliphatic rings. The van der Waals surface area contributed by atoms with Crippen molar-refractivity contribution in [1.82, 2.24) is 10.0 Å². The lowest BCUT2D eigenvalue weighted by Crippen LogP contribution is -2.45. The number of hydrogen-bond acceptors (Lipinski definition) is 3. The van der Waals surface area contributed by atoms with E-state index in [0.717, 1.165) is 5.56 Å². The Labute approximate surface area is 147 Å². The lowest BCUT2D eigenvalue weighted by molar-refractivity contribution is -0.122. The van der Waals surface area contributed by atoms with Crippen LogP contribution in [0.3, 0.4) is 0 Å². The van der Waals surface area contributed by atoms with Crippen molar-refractivity contribution in [3.05, 3.63) is 65.2 Å². The molecule has 0 radical (unpaired) electrons. The van der Waals surface area contributed by atoms with Crippen LogP contribution in [0.15, 0.2) is 59.5 Å².